The van der Waals surface area contributed by atoms with E-state index in [1.807, 2.05) is 12.1 Å². The van der Waals surface area contributed by atoms with Crippen LogP contribution < -0.4 is 11.5 Å². The molecule has 0 fully saturated rings. The fourth-order valence-corrected chi connectivity index (χ4v) is 1.65. The van der Waals surface area contributed by atoms with Gasteiger partial charge < -0.3 is 10.8 Å². The summed E-state index contributed by atoms with van der Waals surface area (Å²) in [6.45, 7) is 0. The highest BCUT2D eigenvalue weighted by Crippen LogP contribution is 2.30. The largest absolute Gasteiger partial charge is 0.399 e. The maximum atomic E-state index is 9.98. The van der Waals surface area contributed by atoms with Crippen LogP contribution in [0.3, 0.4) is 0 Å². The second kappa shape index (κ2) is 3.49. The molecule has 2 atom stereocenters. The summed E-state index contributed by atoms with van der Waals surface area (Å²) in [5, 5.41) is 9.98. The summed E-state index contributed by atoms with van der Waals surface area (Å²) in [7, 11) is 0. The Morgan fingerprint density at radius 1 is 1.33 bits per heavy atom. The van der Waals surface area contributed by atoms with Crippen LogP contribution in [0.2, 0.25) is 0 Å². The smallest absolute Gasteiger partial charge is 0.143 e. The first-order valence-electron chi connectivity index (χ1n) is 4.67. The average molecular weight is 203 g/mol. The van der Waals surface area contributed by atoms with E-state index in [4.69, 9.17) is 11.5 Å². The molecule has 1 aliphatic rings. The zero-order valence-corrected chi connectivity index (χ0v) is 8.17. The number of rotatable bonds is 1. The van der Waals surface area contributed by atoms with Crippen molar-refractivity contribution < 1.29 is 5.11 Å². The Bertz CT molecular complexity index is 409. The summed E-state index contributed by atoms with van der Waals surface area (Å²) in [5.74, 6) is -0.328. The van der Waals surface area contributed by atoms with Crippen molar-refractivity contribution in [2.45, 2.75) is 11.6 Å². The summed E-state index contributed by atoms with van der Waals surface area (Å²) < 4.78 is 0. The molecular formula is C11H13N3O. The highest BCUT2D eigenvalue weighted by Gasteiger charge is 2.31. The predicted molar refractivity (Wildman–Crippen MR) is 57.5 cm³/mol. The van der Waals surface area contributed by atoms with E-state index in [1.165, 1.54) is 6.08 Å². The fourth-order valence-electron chi connectivity index (χ4n) is 1.65. The maximum Gasteiger partial charge on any atom is 0.143 e. The van der Waals surface area contributed by atoms with Crippen LogP contribution in [-0.4, -0.2) is 15.8 Å². The van der Waals surface area contributed by atoms with Gasteiger partial charge in [0.2, 0.25) is 0 Å². The van der Waals surface area contributed by atoms with Gasteiger partial charge in [0.25, 0.3) is 0 Å². The number of hydrogen-bond acceptors (Lipinski definition) is 4. The Morgan fingerprint density at radius 2 is 2.00 bits per heavy atom. The Kier molecular flexibility index (Phi) is 2.30. The van der Waals surface area contributed by atoms with Gasteiger partial charge in [0, 0.05) is 18.1 Å². The van der Waals surface area contributed by atoms with Crippen molar-refractivity contribution in [3.05, 3.63) is 54.0 Å². The molecule has 0 spiro atoms. The monoisotopic (exact) mass is 203 g/mol. The van der Waals surface area contributed by atoms with Crippen molar-refractivity contribution in [1.29, 1.82) is 0 Å². The summed E-state index contributed by atoms with van der Waals surface area (Å²) >= 11 is 0. The normalized spacial score (nSPS) is 30.0. The molecule has 15 heavy (non-hydrogen) atoms. The minimum Gasteiger partial charge on any atom is -0.399 e. The molecule has 1 aromatic rings. The lowest BCUT2D eigenvalue weighted by Gasteiger charge is -2.30. The number of aliphatic hydroxyl groups is 1. The Labute approximate surface area is 87.9 Å². The van der Waals surface area contributed by atoms with Crippen LogP contribution in [0, 0.1) is 0 Å². The molecule has 0 saturated heterocycles. The van der Waals surface area contributed by atoms with E-state index in [-0.39, 0.29) is 5.92 Å². The molecule has 0 bridgehead atoms. The number of pyridine rings is 1. The summed E-state index contributed by atoms with van der Waals surface area (Å²) in [5.41, 5.74) is 11.6. The fraction of sp³-hybridized carbons (Fsp3) is 0.182. The third kappa shape index (κ3) is 1.91. The second-order valence-corrected chi connectivity index (χ2v) is 3.65. The first-order chi connectivity index (χ1) is 7.09. The summed E-state index contributed by atoms with van der Waals surface area (Å²) in [6, 6.07) is 3.62. The van der Waals surface area contributed by atoms with Crippen molar-refractivity contribution in [3.63, 3.8) is 0 Å². The molecule has 1 aliphatic carbocycles. The van der Waals surface area contributed by atoms with E-state index in [9.17, 15) is 5.11 Å². The summed E-state index contributed by atoms with van der Waals surface area (Å²) in [6.07, 6.45) is 8.18. The third-order valence-corrected chi connectivity index (χ3v) is 2.47. The van der Waals surface area contributed by atoms with Gasteiger partial charge in [-0.25, -0.2) is 0 Å². The van der Waals surface area contributed by atoms with E-state index in [2.05, 4.69) is 4.98 Å². The Hall–Kier alpha value is -1.65. The molecule has 0 aromatic carbocycles. The molecule has 4 heteroatoms. The van der Waals surface area contributed by atoms with E-state index in [0.29, 0.717) is 5.70 Å². The third-order valence-electron chi connectivity index (χ3n) is 2.47. The lowest BCUT2D eigenvalue weighted by Crippen LogP contribution is -2.44. The molecular weight excluding hydrogens is 190 g/mol. The van der Waals surface area contributed by atoms with Gasteiger partial charge in [-0.2, -0.15) is 0 Å². The second-order valence-electron chi connectivity index (χ2n) is 3.65. The Morgan fingerprint density at radius 3 is 2.67 bits per heavy atom. The molecule has 0 saturated carbocycles. The SMILES string of the molecule is NC1=CC(c2ccncc2)C(N)(O)C=C1. The van der Waals surface area contributed by atoms with Gasteiger partial charge in [0.1, 0.15) is 5.72 Å². The zero-order valence-electron chi connectivity index (χ0n) is 8.17. The van der Waals surface area contributed by atoms with Crippen LogP contribution >= 0.6 is 0 Å². The van der Waals surface area contributed by atoms with Gasteiger partial charge in [-0.15, -0.1) is 0 Å². The molecule has 4 nitrogen and oxygen atoms in total. The lowest BCUT2D eigenvalue weighted by atomic mass is 9.85. The molecule has 0 aliphatic heterocycles. The highest BCUT2D eigenvalue weighted by atomic mass is 16.3. The van der Waals surface area contributed by atoms with Crippen LogP contribution in [0.15, 0.2) is 48.5 Å². The number of aromatic nitrogens is 1. The van der Waals surface area contributed by atoms with E-state index in [0.717, 1.165) is 5.56 Å². The molecule has 0 radical (unpaired) electrons. The number of allylic oxidation sites excluding steroid dienone is 1. The van der Waals surface area contributed by atoms with Crippen molar-refractivity contribution in [2.75, 3.05) is 0 Å². The zero-order chi connectivity index (χ0) is 10.9. The number of nitrogens with zero attached hydrogens (tertiary/aromatic N) is 1. The Balaban J connectivity index is 2.40. The highest BCUT2D eigenvalue weighted by molar-refractivity contribution is 5.36. The maximum absolute atomic E-state index is 9.98. The molecule has 2 unspecified atom stereocenters. The minimum absolute atomic E-state index is 0.328. The molecule has 1 heterocycles. The van der Waals surface area contributed by atoms with Gasteiger partial charge in [-0.05, 0) is 35.9 Å². The van der Waals surface area contributed by atoms with E-state index in [1.54, 1.807) is 24.5 Å². The van der Waals surface area contributed by atoms with Crippen LogP contribution in [0.5, 0.6) is 0 Å². The van der Waals surface area contributed by atoms with Crippen LogP contribution in [-0.2, 0) is 0 Å². The van der Waals surface area contributed by atoms with E-state index < -0.39 is 5.72 Å². The average Bonchev–Trinajstić information content (AvgIpc) is 2.23. The van der Waals surface area contributed by atoms with Crippen molar-refractivity contribution in [2.24, 2.45) is 11.5 Å². The van der Waals surface area contributed by atoms with Crippen LogP contribution in [0.4, 0.5) is 0 Å². The molecule has 0 amide bonds. The van der Waals surface area contributed by atoms with Gasteiger partial charge in [-0.3, -0.25) is 10.7 Å². The van der Waals surface area contributed by atoms with Gasteiger partial charge >= 0.3 is 0 Å². The van der Waals surface area contributed by atoms with Crippen LogP contribution in [0.25, 0.3) is 0 Å². The van der Waals surface area contributed by atoms with Gasteiger partial charge in [0.15, 0.2) is 0 Å². The van der Waals surface area contributed by atoms with Crippen LogP contribution in [0.1, 0.15) is 11.5 Å². The topological polar surface area (TPSA) is 85.2 Å². The first-order valence-corrected chi connectivity index (χ1v) is 4.67. The minimum atomic E-state index is -1.38. The summed E-state index contributed by atoms with van der Waals surface area (Å²) in [4.78, 5) is 3.91. The molecule has 1 aromatic heterocycles. The van der Waals surface area contributed by atoms with Crippen molar-refractivity contribution in [3.8, 4) is 0 Å². The predicted octanol–water partition coefficient (Wildman–Crippen LogP) is 0.225. The van der Waals surface area contributed by atoms with E-state index >= 15 is 0 Å². The molecule has 5 N–H and O–H groups in total. The van der Waals surface area contributed by atoms with Crippen molar-refractivity contribution >= 4 is 0 Å². The standard InChI is InChI=1S/C11H13N3O/c12-9-1-4-11(13,15)10(7-9)8-2-5-14-6-3-8/h1-7,10,15H,12-13H2. The first kappa shape index (κ1) is 9.89. The number of hydrogen-bond donors (Lipinski definition) is 3. The lowest BCUT2D eigenvalue weighted by molar-refractivity contribution is 0.0809. The van der Waals surface area contributed by atoms with Gasteiger partial charge in [-0.1, -0.05) is 0 Å². The van der Waals surface area contributed by atoms with Gasteiger partial charge in [0.05, 0.1) is 5.92 Å². The molecule has 2 rings (SSSR count). The number of nitrogens with two attached hydrogens (primary N) is 2. The molecule has 78 valence electrons. The quantitative estimate of drug-likeness (QED) is 0.570. The van der Waals surface area contributed by atoms with Crippen molar-refractivity contribution in [1.82, 2.24) is 4.98 Å².